The first-order valence-corrected chi connectivity index (χ1v) is 3.60. The fraction of sp³-hybridized carbons (Fsp3) is 0.625. The van der Waals surface area contributed by atoms with Gasteiger partial charge in [0, 0.05) is 6.42 Å². The average molecular weight is 139 g/mol. The van der Waals surface area contributed by atoms with Crippen molar-refractivity contribution < 1.29 is 4.42 Å². The Hall–Kier alpha value is -0.790. The van der Waals surface area contributed by atoms with Crippen LogP contribution in [-0.4, -0.2) is 4.98 Å². The lowest BCUT2D eigenvalue weighted by Gasteiger charge is -1.97. The summed E-state index contributed by atoms with van der Waals surface area (Å²) >= 11 is 0. The Bertz CT molecular complexity index is 203. The van der Waals surface area contributed by atoms with E-state index < -0.39 is 0 Å². The lowest BCUT2D eigenvalue weighted by atomic mass is 10.1. The monoisotopic (exact) mass is 139 g/mol. The van der Waals surface area contributed by atoms with Crippen molar-refractivity contribution in [1.29, 1.82) is 0 Å². The maximum atomic E-state index is 5.28. The van der Waals surface area contributed by atoms with Crippen LogP contribution >= 0.6 is 0 Å². The second-order valence-corrected chi connectivity index (χ2v) is 2.96. The van der Waals surface area contributed by atoms with E-state index in [-0.39, 0.29) is 0 Å². The molecule has 1 rings (SSSR count). The molecule has 0 aliphatic carbocycles. The van der Waals surface area contributed by atoms with Gasteiger partial charge < -0.3 is 4.42 Å². The minimum Gasteiger partial charge on any atom is -0.446 e. The zero-order valence-corrected chi connectivity index (χ0v) is 6.72. The molecular formula is C8H13NO. The number of oxazole rings is 1. The zero-order valence-electron chi connectivity index (χ0n) is 6.72. The van der Waals surface area contributed by atoms with Gasteiger partial charge >= 0.3 is 0 Å². The Balaban J connectivity index is 2.58. The van der Waals surface area contributed by atoms with Gasteiger partial charge in [0.2, 0.25) is 0 Å². The molecule has 0 N–H and O–H groups in total. The Kier molecular flexibility index (Phi) is 2.10. The highest BCUT2D eigenvalue weighted by Gasteiger charge is 2.02. The first-order chi connectivity index (χ1) is 4.68. The minimum absolute atomic E-state index is 0.623. The van der Waals surface area contributed by atoms with E-state index in [1.165, 1.54) is 0 Å². The van der Waals surface area contributed by atoms with Crippen LogP contribution in [0.15, 0.2) is 10.6 Å². The molecule has 0 spiro atoms. The fourth-order valence-corrected chi connectivity index (χ4v) is 0.845. The Morgan fingerprint density at radius 2 is 2.30 bits per heavy atom. The molecule has 1 aromatic heterocycles. The van der Waals surface area contributed by atoms with E-state index in [2.05, 4.69) is 18.8 Å². The average Bonchev–Trinajstić information content (AvgIpc) is 2.13. The SMILES string of the molecule is Cc1cnc(CC(C)C)o1. The predicted octanol–water partition coefficient (Wildman–Crippen LogP) is 2.18. The van der Waals surface area contributed by atoms with Crippen LogP contribution in [0.1, 0.15) is 25.5 Å². The van der Waals surface area contributed by atoms with Crippen molar-refractivity contribution in [3.63, 3.8) is 0 Å². The molecule has 0 bridgehead atoms. The minimum atomic E-state index is 0.623. The molecule has 0 aliphatic rings. The maximum Gasteiger partial charge on any atom is 0.194 e. The van der Waals surface area contributed by atoms with Crippen LogP contribution in [0.2, 0.25) is 0 Å². The highest BCUT2D eigenvalue weighted by atomic mass is 16.3. The summed E-state index contributed by atoms with van der Waals surface area (Å²) in [6.07, 6.45) is 2.70. The maximum absolute atomic E-state index is 5.28. The zero-order chi connectivity index (χ0) is 7.56. The quantitative estimate of drug-likeness (QED) is 0.627. The lowest BCUT2D eigenvalue weighted by molar-refractivity contribution is 0.440. The molecule has 0 amide bonds. The van der Waals surface area contributed by atoms with Gasteiger partial charge in [0.1, 0.15) is 5.76 Å². The Morgan fingerprint density at radius 1 is 1.60 bits per heavy atom. The molecule has 0 aliphatic heterocycles. The molecule has 0 radical (unpaired) electrons. The van der Waals surface area contributed by atoms with Crippen LogP contribution in [-0.2, 0) is 6.42 Å². The first-order valence-electron chi connectivity index (χ1n) is 3.60. The largest absolute Gasteiger partial charge is 0.446 e. The van der Waals surface area contributed by atoms with E-state index in [0.29, 0.717) is 5.92 Å². The van der Waals surface area contributed by atoms with Crippen molar-refractivity contribution in [3.05, 3.63) is 17.8 Å². The molecular weight excluding hydrogens is 126 g/mol. The number of rotatable bonds is 2. The summed E-state index contributed by atoms with van der Waals surface area (Å²) in [6, 6.07) is 0. The summed E-state index contributed by atoms with van der Waals surface area (Å²) in [6.45, 7) is 6.22. The highest BCUT2D eigenvalue weighted by Crippen LogP contribution is 2.07. The van der Waals surface area contributed by atoms with Gasteiger partial charge in [-0.15, -0.1) is 0 Å². The smallest absolute Gasteiger partial charge is 0.194 e. The van der Waals surface area contributed by atoms with Gasteiger partial charge in [-0.3, -0.25) is 0 Å². The third-order valence-electron chi connectivity index (χ3n) is 1.25. The van der Waals surface area contributed by atoms with Crippen LogP contribution in [0, 0.1) is 12.8 Å². The van der Waals surface area contributed by atoms with Gasteiger partial charge in [0.15, 0.2) is 5.89 Å². The topological polar surface area (TPSA) is 26.0 Å². The lowest BCUT2D eigenvalue weighted by Crippen LogP contribution is -1.92. The van der Waals surface area contributed by atoms with Gasteiger partial charge in [0.05, 0.1) is 6.20 Å². The van der Waals surface area contributed by atoms with Crippen LogP contribution in [0.4, 0.5) is 0 Å². The second kappa shape index (κ2) is 2.86. The molecule has 0 aromatic carbocycles. The summed E-state index contributed by atoms with van der Waals surface area (Å²) in [5.41, 5.74) is 0. The third-order valence-corrected chi connectivity index (χ3v) is 1.25. The van der Waals surface area contributed by atoms with Gasteiger partial charge in [-0.05, 0) is 12.8 Å². The molecule has 1 heterocycles. The second-order valence-electron chi connectivity index (χ2n) is 2.96. The van der Waals surface area contributed by atoms with Crippen LogP contribution in [0.3, 0.4) is 0 Å². The normalized spacial score (nSPS) is 10.8. The van der Waals surface area contributed by atoms with E-state index in [0.717, 1.165) is 18.1 Å². The summed E-state index contributed by atoms with van der Waals surface area (Å²) in [4.78, 5) is 4.09. The number of aryl methyl sites for hydroxylation is 1. The van der Waals surface area contributed by atoms with Gasteiger partial charge in [-0.1, -0.05) is 13.8 Å². The molecule has 0 saturated carbocycles. The van der Waals surface area contributed by atoms with Crippen LogP contribution in [0.5, 0.6) is 0 Å². The van der Waals surface area contributed by atoms with E-state index >= 15 is 0 Å². The van der Waals surface area contributed by atoms with Gasteiger partial charge in [0.25, 0.3) is 0 Å². The molecule has 1 aromatic rings. The van der Waals surface area contributed by atoms with Crippen LogP contribution in [0.25, 0.3) is 0 Å². The van der Waals surface area contributed by atoms with Crippen LogP contribution < -0.4 is 0 Å². The van der Waals surface area contributed by atoms with E-state index in [4.69, 9.17) is 4.42 Å². The Labute approximate surface area is 61.3 Å². The number of hydrogen-bond acceptors (Lipinski definition) is 2. The molecule has 2 heteroatoms. The van der Waals surface area contributed by atoms with Crippen molar-refractivity contribution >= 4 is 0 Å². The summed E-state index contributed by atoms with van der Waals surface area (Å²) in [5.74, 6) is 2.38. The standard InChI is InChI=1S/C8H13NO/c1-6(2)4-8-9-5-7(3)10-8/h5-6H,4H2,1-3H3. The first kappa shape index (κ1) is 7.32. The van der Waals surface area contributed by atoms with E-state index in [1.54, 1.807) is 6.20 Å². The molecule has 0 unspecified atom stereocenters. The predicted molar refractivity (Wildman–Crippen MR) is 39.8 cm³/mol. The molecule has 56 valence electrons. The summed E-state index contributed by atoms with van der Waals surface area (Å²) in [5, 5.41) is 0. The molecule has 0 fully saturated rings. The van der Waals surface area contributed by atoms with E-state index in [1.807, 2.05) is 6.92 Å². The van der Waals surface area contributed by atoms with Gasteiger partial charge in [-0.2, -0.15) is 0 Å². The fourth-order valence-electron chi connectivity index (χ4n) is 0.845. The van der Waals surface area contributed by atoms with E-state index in [9.17, 15) is 0 Å². The number of nitrogens with zero attached hydrogens (tertiary/aromatic N) is 1. The number of hydrogen-bond donors (Lipinski definition) is 0. The third kappa shape index (κ3) is 1.87. The molecule has 10 heavy (non-hydrogen) atoms. The Morgan fingerprint density at radius 3 is 2.70 bits per heavy atom. The summed E-state index contributed by atoms with van der Waals surface area (Å²) < 4.78 is 5.28. The highest BCUT2D eigenvalue weighted by molar-refractivity contribution is 4.90. The molecule has 2 nitrogen and oxygen atoms in total. The van der Waals surface area contributed by atoms with Crippen molar-refractivity contribution in [1.82, 2.24) is 4.98 Å². The summed E-state index contributed by atoms with van der Waals surface area (Å²) in [7, 11) is 0. The number of aromatic nitrogens is 1. The van der Waals surface area contributed by atoms with Gasteiger partial charge in [-0.25, -0.2) is 4.98 Å². The van der Waals surface area contributed by atoms with Crippen molar-refractivity contribution in [2.75, 3.05) is 0 Å². The van der Waals surface area contributed by atoms with Crippen molar-refractivity contribution in [3.8, 4) is 0 Å². The molecule has 0 atom stereocenters. The molecule has 0 saturated heterocycles. The van der Waals surface area contributed by atoms with Crippen molar-refractivity contribution in [2.24, 2.45) is 5.92 Å². The van der Waals surface area contributed by atoms with Crippen molar-refractivity contribution in [2.45, 2.75) is 27.2 Å².